The number of thiazole rings is 1. The molecule has 0 spiro atoms. The van der Waals surface area contributed by atoms with Crippen molar-refractivity contribution in [2.75, 3.05) is 0 Å². The van der Waals surface area contributed by atoms with Crippen molar-refractivity contribution < 1.29 is 0 Å². The van der Waals surface area contributed by atoms with E-state index in [4.69, 9.17) is 0 Å². The molecule has 1 aromatic rings. The third-order valence-electron chi connectivity index (χ3n) is 1.61. The summed E-state index contributed by atoms with van der Waals surface area (Å²) in [7, 11) is 0. The number of thioether (sulfide) groups is 1. The van der Waals surface area contributed by atoms with Crippen molar-refractivity contribution in [1.29, 1.82) is 0 Å². The molecular weight excluding hydrogens is 188 g/mol. The SMILES string of the molecule is CC1=CNC(c2ncc(C)s2)S1. The third kappa shape index (κ3) is 1.49. The lowest BCUT2D eigenvalue weighted by molar-refractivity contribution is 0.850. The number of hydrogen-bond donors (Lipinski definition) is 1. The van der Waals surface area contributed by atoms with Crippen LogP contribution in [-0.2, 0) is 0 Å². The smallest absolute Gasteiger partial charge is 0.129 e. The molecule has 1 aromatic heterocycles. The Morgan fingerprint density at radius 2 is 2.33 bits per heavy atom. The van der Waals surface area contributed by atoms with Crippen molar-refractivity contribution in [3.05, 3.63) is 27.2 Å². The van der Waals surface area contributed by atoms with Crippen LogP contribution < -0.4 is 5.32 Å². The van der Waals surface area contributed by atoms with Crippen LogP contribution in [0.4, 0.5) is 0 Å². The first kappa shape index (κ1) is 8.13. The molecule has 64 valence electrons. The highest BCUT2D eigenvalue weighted by Gasteiger charge is 2.18. The molecule has 0 radical (unpaired) electrons. The summed E-state index contributed by atoms with van der Waals surface area (Å²) in [6.45, 7) is 4.19. The Morgan fingerprint density at radius 1 is 1.50 bits per heavy atom. The molecule has 2 heterocycles. The predicted molar refractivity (Wildman–Crippen MR) is 54.1 cm³/mol. The molecule has 0 fully saturated rings. The average molecular weight is 198 g/mol. The highest BCUT2D eigenvalue weighted by Crippen LogP contribution is 2.37. The van der Waals surface area contributed by atoms with Crippen LogP contribution in [0.2, 0.25) is 0 Å². The van der Waals surface area contributed by atoms with Crippen molar-refractivity contribution in [1.82, 2.24) is 10.3 Å². The summed E-state index contributed by atoms with van der Waals surface area (Å²) in [6.07, 6.45) is 3.97. The third-order valence-corrected chi connectivity index (χ3v) is 3.82. The maximum atomic E-state index is 4.33. The molecule has 1 aliphatic rings. The van der Waals surface area contributed by atoms with Crippen LogP contribution in [-0.4, -0.2) is 4.98 Å². The predicted octanol–water partition coefficient (Wildman–Crippen LogP) is 2.65. The van der Waals surface area contributed by atoms with E-state index >= 15 is 0 Å². The number of hydrogen-bond acceptors (Lipinski definition) is 4. The van der Waals surface area contributed by atoms with Gasteiger partial charge in [0.1, 0.15) is 10.4 Å². The number of nitrogens with one attached hydrogen (secondary N) is 1. The molecule has 1 N–H and O–H groups in total. The van der Waals surface area contributed by atoms with Crippen LogP contribution >= 0.6 is 23.1 Å². The van der Waals surface area contributed by atoms with Crippen molar-refractivity contribution in [3.8, 4) is 0 Å². The van der Waals surface area contributed by atoms with E-state index in [1.54, 1.807) is 11.3 Å². The van der Waals surface area contributed by atoms with Gasteiger partial charge in [-0.05, 0) is 18.8 Å². The van der Waals surface area contributed by atoms with Crippen molar-refractivity contribution >= 4 is 23.1 Å². The molecule has 0 saturated carbocycles. The second-order valence-corrected chi connectivity index (χ2v) is 5.35. The van der Waals surface area contributed by atoms with Gasteiger partial charge >= 0.3 is 0 Å². The van der Waals surface area contributed by atoms with Crippen LogP contribution in [0, 0.1) is 6.92 Å². The molecule has 0 aromatic carbocycles. The van der Waals surface area contributed by atoms with Gasteiger partial charge in [-0.25, -0.2) is 4.98 Å². The molecule has 1 aliphatic heterocycles. The summed E-state index contributed by atoms with van der Waals surface area (Å²) in [4.78, 5) is 6.94. The van der Waals surface area contributed by atoms with Crippen LogP contribution in [0.5, 0.6) is 0 Å². The molecule has 1 unspecified atom stereocenters. The van der Waals surface area contributed by atoms with E-state index < -0.39 is 0 Å². The fourth-order valence-corrected chi connectivity index (χ4v) is 2.87. The van der Waals surface area contributed by atoms with E-state index in [9.17, 15) is 0 Å². The van der Waals surface area contributed by atoms with Gasteiger partial charge in [0, 0.05) is 17.3 Å². The Bertz CT molecular complexity index is 317. The van der Waals surface area contributed by atoms with E-state index in [0.717, 1.165) is 0 Å². The van der Waals surface area contributed by atoms with Gasteiger partial charge in [0.05, 0.1) is 0 Å². The number of aryl methyl sites for hydroxylation is 1. The highest BCUT2D eigenvalue weighted by molar-refractivity contribution is 8.03. The lowest BCUT2D eigenvalue weighted by Gasteiger charge is -2.04. The van der Waals surface area contributed by atoms with Gasteiger partial charge in [-0.1, -0.05) is 11.8 Å². The topological polar surface area (TPSA) is 24.9 Å². The fourth-order valence-electron chi connectivity index (χ4n) is 1.06. The molecule has 0 amide bonds. The van der Waals surface area contributed by atoms with E-state index in [-0.39, 0.29) is 0 Å². The summed E-state index contributed by atoms with van der Waals surface area (Å²) in [5.41, 5.74) is 0. The Kier molecular flexibility index (Phi) is 2.11. The first-order valence-electron chi connectivity index (χ1n) is 3.77. The van der Waals surface area contributed by atoms with Crippen molar-refractivity contribution in [2.45, 2.75) is 19.2 Å². The molecule has 1 atom stereocenters. The second kappa shape index (κ2) is 3.11. The minimum absolute atomic E-state index is 0.351. The second-order valence-electron chi connectivity index (χ2n) is 2.73. The summed E-state index contributed by atoms with van der Waals surface area (Å²) >= 11 is 3.59. The number of nitrogens with zero attached hydrogens (tertiary/aromatic N) is 1. The monoisotopic (exact) mass is 198 g/mol. The molecule has 4 heteroatoms. The molecular formula is C8H10N2S2. The van der Waals surface area contributed by atoms with Crippen LogP contribution in [0.15, 0.2) is 17.3 Å². The first-order valence-corrected chi connectivity index (χ1v) is 5.47. The molecule has 0 saturated heterocycles. The summed E-state index contributed by atoms with van der Waals surface area (Å²) in [6, 6.07) is 0. The zero-order valence-electron chi connectivity index (χ0n) is 7.00. The zero-order valence-corrected chi connectivity index (χ0v) is 8.63. The van der Waals surface area contributed by atoms with Gasteiger partial charge in [-0.2, -0.15) is 0 Å². The zero-order chi connectivity index (χ0) is 8.55. The van der Waals surface area contributed by atoms with E-state index in [0.29, 0.717) is 5.37 Å². The lowest BCUT2D eigenvalue weighted by Crippen LogP contribution is -2.05. The van der Waals surface area contributed by atoms with Gasteiger partial charge in [0.15, 0.2) is 0 Å². The molecule has 0 aliphatic carbocycles. The maximum Gasteiger partial charge on any atom is 0.129 e. The Balaban J connectivity index is 2.13. The summed E-state index contributed by atoms with van der Waals surface area (Å²) < 4.78 is 0. The number of rotatable bonds is 1. The van der Waals surface area contributed by atoms with Crippen LogP contribution in [0.3, 0.4) is 0 Å². The first-order chi connectivity index (χ1) is 5.75. The normalized spacial score (nSPS) is 22.2. The minimum Gasteiger partial charge on any atom is -0.373 e. The molecule has 0 bridgehead atoms. The van der Waals surface area contributed by atoms with Gasteiger partial charge in [0.2, 0.25) is 0 Å². The van der Waals surface area contributed by atoms with E-state index in [1.807, 2.05) is 24.2 Å². The molecule has 12 heavy (non-hydrogen) atoms. The van der Waals surface area contributed by atoms with Crippen LogP contribution in [0.1, 0.15) is 22.2 Å². The molecule has 2 nitrogen and oxygen atoms in total. The maximum absolute atomic E-state index is 4.33. The Labute approximate surface area is 80.1 Å². The Morgan fingerprint density at radius 3 is 2.83 bits per heavy atom. The van der Waals surface area contributed by atoms with Gasteiger partial charge < -0.3 is 5.32 Å². The average Bonchev–Trinajstić information content (AvgIpc) is 2.58. The van der Waals surface area contributed by atoms with Gasteiger partial charge in [-0.3, -0.25) is 0 Å². The van der Waals surface area contributed by atoms with Gasteiger partial charge in [-0.15, -0.1) is 11.3 Å². The Hall–Kier alpha value is -0.480. The number of allylic oxidation sites excluding steroid dienone is 1. The quantitative estimate of drug-likeness (QED) is 0.751. The molecule has 2 rings (SSSR count). The highest BCUT2D eigenvalue weighted by atomic mass is 32.2. The minimum atomic E-state index is 0.351. The van der Waals surface area contributed by atoms with Crippen LogP contribution in [0.25, 0.3) is 0 Å². The largest absolute Gasteiger partial charge is 0.373 e. The standard InChI is InChI=1S/C8H10N2S2/c1-5-3-9-7(11-5)8-10-4-6(2)12-8/h3-4,7,9H,1-2H3. The van der Waals surface area contributed by atoms with Crippen molar-refractivity contribution in [2.24, 2.45) is 0 Å². The van der Waals surface area contributed by atoms with E-state index in [1.165, 1.54) is 14.8 Å². The van der Waals surface area contributed by atoms with Crippen molar-refractivity contribution in [3.63, 3.8) is 0 Å². The van der Waals surface area contributed by atoms with E-state index in [2.05, 4.69) is 24.1 Å². The van der Waals surface area contributed by atoms with Gasteiger partial charge in [0.25, 0.3) is 0 Å². The fraction of sp³-hybridized carbons (Fsp3) is 0.375. The summed E-state index contributed by atoms with van der Waals surface area (Å²) in [5.74, 6) is 0. The lowest BCUT2D eigenvalue weighted by atomic mass is 10.6. The summed E-state index contributed by atoms with van der Waals surface area (Å²) in [5, 5.41) is 4.81. The number of aromatic nitrogens is 1.